The number of rotatable bonds is 4. The van der Waals surface area contributed by atoms with Gasteiger partial charge in [-0.3, -0.25) is 0 Å². The lowest BCUT2D eigenvalue weighted by atomic mass is 9.82. The van der Waals surface area contributed by atoms with E-state index in [1.54, 1.807) is 12.1 Å². The van der Waals surface area contributed by atoms with Crippen molar-refractivity contribution >= 4 is 0 Å². The maximum Gasteiger partial charge on any atom is 0.230 e. The van der Waals surface area contributed by atoms with E-state index in [0.717, 1.165) is 32.2 Å². The van der Waals surface area contributed by atoms with Crippen LogP contribution >= 0.6 is 0 Å². The predicted octanol–water partition coefficient (Wildman–Crippen LogP) is 3.12. The summed E-state index contributed by atoms with van der Waals surface area (Å²) in [5.41, 5.74) is 6.30. The molecule has 0 aliphatic heterocycles. The summed E-state index contributed by atoms with van der Waals surface area (Å²) < 4.78 is 24.0. The van der Waals surface area contributed by atoms with Gasteiger partial charge in [-0.15, -0.1) is 0 Å². The third-order valence-electron chi connectivity index (χ3n) is 4.38. The normalized spacial score (nSPS) is 21.8. The molecule has 1 aliphatic carbocycles. The number of aromatic nitrogens is 2. The molecule has 1 aromatic carbocycles. The highest BCUT2D eigenvalue weighted by Crippen LogP contribution is 2.35. The number of hydrogen-bond acceptors (Lipinski definition) is 5. The van der Waals surface area contributed by atoms with Crippen molar-refractivity contribution in [3.05, 3.63) is 29.9 Å². The summed E-state index contributed by atoms with van der Waals surface area (Å²) >= 11 is 0. The Morgan fingerprint density at radius 1 is 1.32 bits per heavy atom. The van der Waals surface area contributed by atoms with Crippen molar-refractivity contribution in [3.8, 4) is 17.1 Å². The molecule has 0 spiro atoms. The number of nitrogens with two attached hydrogens (primary N) is 1. The minimum absolute atomic E-state index is 0.201. The molecule has 5 nitrogen and oxygen atoms in total. The quantitative estimate of drug-likeness (QED) is 0.939. The summed E-state index contributed by atoms with van der Waals surface area (Å²) in [6, 6.07) is 4.65. The maximum absolute atomic E-state index is 13.8. The molecule has 2 N–H and O–H groups in total. The standard InChI is InChI=1S/C16H20FN3O2/c1-21-14-7-6-12(8-13(14)17)15-19-16(22-20-15)11-4-2-10(9-18)3-5-11/h6-8,10-11H,2-5,9,18H2,1H3. The Morgan fingerprint density at radius 2 is 2.09 bits per heavy atom. The SMILES string of the molecule is COc1ccc(-c2noc(C3CCC(CN)CC3)n2)cc1F. The summed E-state index contributed by atoms with van der Waals surface area (Å²) in [5.74, 6) is 1.71. The van der Waals surface area contributed by atoms with Crippen molar-refractivity contribution in [1.29, 1.82) is 0 Å². The first-order valence-electron chi connectivity index (χ1n) is 7.59. The van der Waals surface area contributed by atoms with Crippen LogP contribution < -0.4 is 10.5 Å². The molecule has 2 aromatic rings. The molecular formula is C16H20FN3O2. The van der Waals surface area contributed by atoms with E-state index in [1.807, 2.05) is 0 Å². The Balaban J connectivity index is 1.75. The highest BCUT2D eigenvalue weighted by molar-refractivity contribution is 5.56. The molecule has 6 heteroatoms. The van der Waals surface area contributed by atoms with Gasteiger partial charge in [0.05, 0.1) is 7.11 Å². The molecule has 0 unspecified atom stereocenters. The molecule has 0 radical (unpaired) electrons. The van der Waals surface area contributed by atoms with Gasteiger partial charge in [-0.05, 0) is 56.3 Å². The van der Waals surface area contributed by atoms with Crippen LogP contribution in [0.4, 0.5) is 4.39 Å². The molecule has 0 saturated heterocycles. The molecular weight excluding hydrogens is 285 g/mol. The maximum atomic E-state index is 13.8. The third-order valence-corrected chi connectivity index (χ3v) is 4.38. The first-order chi connectivity index (χ1) is 10.7. The summed E-state index contributed by atoms with van der Waals surface area (Å²) in [5, 5.41) is 3.98. The van der Waals surface area contributed by atoms with E-state index < -0.39 is 5.82 Å². The number of hydrogen-bond donors (Lipinski definition) is 1. The van der Waals surface area contributed by atoms with Gasteiger partial charge < -0.3 is 15.0 Å². The Labute approximate surface area is 128 Å². The Bertz CT molecular complexity index is 636. The zero-order valence-corrected chi connectivity index (χ0v) is 12.6. The van der Waals surface area contributed by atoms with E-state index in [4.69, 9.17) is 15.0 Å². The largest absolute Gasteiger partial charge is 0.494 e. The molecule has 0 amide bonds. The van der Waals surface area contributed by atoms with Crippen LogP contribution in [0.3, 0.4) is 0 Å². The number of halogens is 1. The van der Waals surface area contributed by atoms with Crippen LogP contribution in [0.1, 0.15) is 37.5 Å². The summed E-state index contributed by atoms with van der Waals surface area (Å²) in [6.07, 6.45) is 4.22. The summed E-state index contributed by atoms with van der Waals surface area (Å²) in [6.45, 7) is 0.743. The fourth-order valence-corrected chi connectivity index (χ4v) is 2.97. The monoisotopic (exact) mass is 305 g/mol. The molecule has 3 rings (SSSR count). The van der Waals surface area contributed by atoms with E-state index in [2.05, 4.69) is 10.1 Å². The molecule has 1 fully saturated rings. The molecule has 1 saturated carbocycles. The number of methoxy groups -OCH3 is 1. The molecule has 1 heterocycles. The molecule has 118 valence electrons. The molecule has 22 heavy (non-hydrogen) atoms. The number of nitrogens with zero attached hydrogens (tertiary/aromatic N) is 2. The summed E-state index contributed by atoms with van der Waals surface area (Å²) in [4.78, 5) is 4.44. The highest BCUT2D eigenvalue weighted by atomic mass is 19.1. The van der Waals surface area contributed by atoms with Gasteiger partial charge in [0.2, 0.25) is 11.7 Å². The van der Waals surface area contributed by atoms with Crippen molar-refractivity contribution in [1.82, 2.24) is 10.1 Å². The van der Waals surface area contributed by atoms with Crippen molar-refractivity contribution < 1.29 is 13.7 Å². The Hall–Kier alpha value is -1.95. The first-order valence-corrected chi connectivity index (χ1v) is 7.59. The molecule has 0 atom stereocenters. The lowest BCUT2D eigenvalue weighted by Crippen LogP contribution is -2.20. The topological polar surface area (TPSA) is 74.2 Å². The first kappa shape index (κ1) is 15.0. The van der Waals surface area contributed by atoms with E-state index >= 15 is 0 Å². The van der Waals surface area contributed by atoms with Gasteiger partial charge in [-0.25, -0.2) is 4.39 Å². The Kier molecular flexibility index (Phi) is 4.38. The van der Waals surface area contributed by atoms with Crippen molar-refractivity contribution in [2.75, 3.05) is 13.7 Å². The number of ether oxygens (including phenoxy) is 1. The second-order valence-electron chi connectivity index (χ2n) is 5.76. The van der Waals surface area contributed by atoms with Gasteiger partial charge in [-0.2, -0.15) is 4.98 Å². The van der Waals surface area contributed by atoms with Crippen molar-refractivity contribution in [2.45, 2.75) is 31.6 Å². The van der Waals surface area contributed by atoms with Gasteiger partial charge >= 0.3 is 0 Å². The van der Waals surface area contributed by atoms with Crippen LogP contribution in [-0.2, 0) is 0 Å². The third kappa shape index (κ3) is 2.97. The van der Waals surface area contributed by atoms with E-state index in [0.29, 0.717) is 23.2 Å². The van der Waals surface area contributed by atoms with E-state index in [-0.39, 0.29) is 11.7 Å². The second-order valence-corrected chi connectivity index (χ2v) is 5.76. The molecule has 1 aromatic heterocycles. The van der Waals surface area contributed by atoms with E-state index in [9.17, 15) is 4.39 Å². The van der Waals surface area contributed by atoms with Gasteiger partial charge in [0.1, 0.15) is 0 Å². The van der Waals surface area contributed by atoms with Crippen LogP contribution in [0.5, 0.6) is 5.75 Å². The average molecular weight is 305 g/mol. The van der Waals surface area contributed by atoms with Crippen LogP contribution in [0.25, 0.3) is 11.4 Å². The lowest BCUT2D eigenvalue weighted by Gasteiger charge is -2.24. The average Bonchev–Trinajstić information content (AvgIpc) is 3.05. The minimum Gasteiger partial charge on any atom is -0.494 e. The fraction of sp³-hybridized carbons (Fsp3) is 0.500. The fourth-order valence-electron chi connectivity index (χ4n) is 2.97. The predicted molar refractivity (Wildman–Crippen MR) is 80.0 cm³/mol. The number of benzene rings is 1. The van der Waals surface area contributed by atoms with Crippen LogP contribution in [0.15, 0.2) is 22.7 Å². The Morgan fingerprint density at radius 3 is 2.73 bits per heavy atom. The van der Waals surface area contributed by atoms with E-state index in [1.165, 1.54) is 13.2 Å². The van der Waals surface area contributed by atoms with Crippen LogP contribution in [-0.4, -0.2) is 23.8 Å². The van der Waals surface area contributed by atoms with Crippen LogP contribution in [0.2, 0.25) is 0 Å². The van der Waals surface area contributed by atoms with Gasteiger partial charge in [0.25, 0.3) is 0 Å². The second kappa shape index (κ2) is 6.44. The van der Waals surface area contributed by atoms with Gasteiger partial charge in [-0.1, -0.05) is 5.16 Å². The van der Waals surface area contributed by atoms with Gasteiger partial charge in [0.15, 0.2) is 11.6 Å². The highest BCUT2D eigenvalue weighted by Gasteiger charge is 2.26. The zero-order chi connectivity index (χ0) is 15.5. The summed E-state index contributed by atoms with van der Waals surface area (Å²) in [7, 11) is 1.43. The van der Waals surface area contributed by atoms with Gasteiger partial charge in [0, 0.05) is 11.5 Å². The zero-order valence-electron chi connectivity index (χ0n) is 12.6. The lowest BCUT2D eigenvalue weighted by molar-refractivity contribution is 0.275. The van der Waals surface area contributed by atoms with Crippen molar-refractivity contribution in [2.24, 2.45) is 11.7 Å². The molecule has 0 bridgehead atoms. The van der Waals surface area contributed by atoms with Crippen molar-refractivity contribution in [3.63, 3.8) is 0 Å². The van der Waals surface area contributed by atoms with Crippen LogP contribution in [0, 0.1) is 11.7 Å². The molecule has 1 aliphatic rings. The smallest absolute Gasteiger partial charge is 0.230 e. The minimum atomic E-state index is -0.435.